The summed E-state index contributed by atoms with van der Waals surface area (Å²) in [5, 5.41) is 0. The minimum Gasteiger partial charge on any atom is -0.354 e. The Morgan fingerprint density at radius 3 is 0.458 bits per heavy atom. The molecule has 0 unspecified atom stereocenters. The summed E-state index contributed by atoms with van der Waals surface area (Å²) in [6.07, 6.45) is 16.7. The predicted octanol–water partition coefficient (Wildman–Crippen LogP) is 25.0. The lowest BCUT2D eigenvalue weighted by atomic mass is 10.0. The zero-order valence-electron chi connectivity index (χ0n) is 66.1. The molecule has 14 heteroatoms. The van der Waals surface area contributed by atoms with E-state index in [0.29, 0.717) is 22.3 Å². The molecule has 4 aliphatic rings. The Morgan fingerprint density at radius 2 is 0.314 bits per heavy atom. The third kappa shape index (κ3) is 15.0. The Kier molecular flexibility index (Phi) is 19.1. The third-order valence-electron chi connectivity index (χ3n) is 22.6. The average molecular weight is 1570 g/mol. The van der Waals surface area contributed by atoms with Gasteiger partial charge in [-0.1, -0.05) is 252 Å². The van der Waals surface area contributed by atoms with E-state index in [4.69, 9.17) is 19.9 Å². The highest BCUT2D eigenvalue weighted by molar-refractivity contribution is 7.90. The second-order valence-corrected chi connectivity index (χ2v) is 35.6. The Bertz CT molecular complexity index is 6770. The monoisotopic (exact) mass is 1570 g/mol. The number of hydrogen-bond donors (Lipinski definition) is 4. The lowest BCUT2D eigenvalue weighted by Crippen LogP contribution is -2.09. The topological polar surface area (TPSA) is 183 Å². The number of aromatic nitrogens is 8. The van der Waals surface area contributed by atoms with Crippen LogP contribution in [0.4, 0.5) is 0 Å². The number of hydrogen-bond acceptors (Lipinski definition) is 8. The van der Waals surface area contributed by atoms with E-state index >= 15 is 0 Å². The van der Waals surface area contributed by atoms with Gasteiger partial charge >= 0.3 is 0 Å². The molecule has 0 amide bonds. The van der Waals surface area contributed by atoms with Crippen molar-refractivity contribution in [3.8, 4) is 89.0 Å². The average Bonchev–Trinajstić information content (AvgIpc) is 1.61. The van der Waals surface area contributed by atoms with Crippen LogP contribution in [0.2, 0.25) is 0 Å². The summed E-state index contributed by atoms with van der Waals surface area (Å²) in [5.74, 6) is -0.893. The van der Waals surface area contributed by atoms with Gasteiger partial charge in [-0.15, -0.1) is 0 Å². The van der Waals surface area contributed by atoms with E-state index in [2.05, 4.69) is 304 Å². The molecule has 0 atom stereocenters. The molecular weight excluding hydrogens is 1490 g/mol. The fraction of sp³-hybridized carbons (Fsp3) is 0.0962. The molecule has 0 radical (unpaired) electrons. The van der Waals surface area contributed by atoms with Crippen LogP contribution in [0.3, 0.4) is 0 Å². The second-order valence-electron chi connectivity index (χ2n) is 31.5. The molecule has 9 aromatic carbocycles. The Labute approximate surface area is 686 Å². The summed E-state index contributed by atoms with van der Waals surface area (Å²) in [5.41, 5.74) is 37.8. The van der Waals surface area contributed by atoms with Crippen molar-refractivity contribution in [3.05, 3.63) is 368 Å². The number of nitrogens with zero attached hydrogens (tertiary/aromatic N) is 4. The van der Waals surface area contributed by atoms with E-state index < -0.39 is 19.7 Å². The molecule has 0 spiro atoms. The number of sulfone groups is 2. The Hall–Kier alpha value is -13.9. The van der Waals surface area contributed by atoms with Gasteiger partial charge in [0.05, 0.1) is 68.6 Å². The number of benzene rings is 9. The highest BCUT2D eigenvalue weighted by Gasteiger charge is 2.25. The third-order valence-corrected chi connectivity index (χ3v) is 25.7. The van der Waals surface area contributed by atoms with Crippen LogP contribution < -0.4 is 0 Å². The minimum absolute atomic E-state index is 0.211. The Balaban J connectivity index is 0.611. The quantitative estimate of drug-likeness (QED) is 0.0737. The zero-order chi connectivity index (χ0) is 80.5. The van der Waals surface area contributed by atoms with Crippen molar-refractivity contribution in [1.29, 1.82) is 0 Å². The maximum absolute atomic E-state index is 14.3. The van der Waals surface area contributed by atoms with E-state index in [1.165, 1.54) is 11.1 Å². The van der Waals surface area contributed by atoms with Crippen LogP contribution in [-0.4, -0.2) is 56.7 Å². The van der Waals surface area contributed by atoms with Gasteiger partial charge in [0.1, 0.15) is 0 Å². The smallest absolute Gasteiger partial charge is 0.158 e. The van der Waals surface area contributed by atoms with Crippen molar-refractivity contribution in [2.75, 3.05) is 0 Å². The molecule has 574 valence electrons. The number of H-pyrrole nitrogens is 4. The lowest BCUT2D eigenvalue weighted by molar-refractivity contribution is 0.592. The molecule has 12 nitrogen and oxygen atoms in total. The van der Waals surface area contributed by atoms with Gasteiger partial charge in [-0.25, -0.2) is 36.8 Å². The summed E-state index contributed by atoms with van der Waals surface area (Å²) in [6.45, 7) is 12.6. The van der Waals surface area contributed by atoms with E-state index in [1.54, 1.807) is 24.3 Å². The van der Waals surface area contributed by atoms with Crippen LogP contribution in [0, 0.1) is 41.5 Å². The molecule has 0 aliphatic carbocycles. The molecule has 0 saturated carbocycles. The van der Waals surface area contributed by atoms with Gasteiger partial charge in [0.25, 0.3) is 0 Å². The highest BCUT2D eigenvalue weighted by atomic mass is 32.2. The van der Waals surface area contributed by atoms with Gasteiger partial charge in [0.2, 0.25) is 0 Å². The number of aromatic amines is 4. The minimum atomic E-state index is -3.73. The molecule has 16 bridgehead atoms. The maximum atomic E-state index is 14.3. The number of aryl methyl sites for hydroxylation is 6. The van der Waals surface area contributed by atoms with Crippen LogP contribution in [0.5, 0.6) is 0 Å². The van der Waals surface area contributed by atoms with E-state index in [0.717, 1.165) is 201 Å². The van der Waals surface area contributed by atoms with Gasteiger partial charge in [-0.2, -0.15) is 0 Å². The molecule has 4 N–H and O–H groups in total. The van der Waals surface area contributed by atoms with Crippen LogP contribution in [0.15, 0.2) is 267 Å². The zero-order valence-corrected chi connectivity index (χ0v) is 67.7. The molecule has 0 saturated heterocycles. The van der Waals surface area contributed by atoms with Crippen LogP contribution in [0.25, 0.3) is 182 Å². The van der Waals surface area contributed by atoms with Crippen LogP contribution >= 0.6 is 0 Å². The largest absolute Gasteiger partial charge is 0.354 e. The fourth-order valence-electron chi connectivity index (χ4n) is 16.5. The maximum Gasteiger partial charge on any atom is 0.158 e. The summed E-state index contributed by atoms with van der Waals surface area (Å²) in [7, 11) is -7.46. The van der Waals surface area contributed by atoms with Crippen molar-refractivity contribution in [2.24, 2.45) is 0 Å². The van der Waals surface area contributed by atoms with Gasteiger partial charge in [-0.05, 0) is 205 Å². The molecule has 4 aliphatic heterocycles. The van der Waals surface area contributed by atoms with E-state index in [-0.39, 0.29) is 23.0 Å². The number of nitrogens with one attached hydrogen (secondary N) is 4. The molecule has 10 heterocycles. The second kappa shape index (κ2) is 30.4. The molecule has 118 heavy (non-hydrogen) atoms. The Morgan fingerprint density at radius 1 is 0.186 bits per heavy atom. The first-order valence-electron chi connectivity index (χ1n) is 39.7. The fourth-order valence-corrected chi connectivity index (χ4v) is 19.6. The SMILES string of the molecule is Cc1ccc(-c2c3nc(c(-c4ccc(C)cc4)c4ccc([nH]4)c(-c4ccc(CS(=O)(=O)Cc5ccc(CS(=O)(=O)Cc6ccc(-c7c8nc(c(-c9ccc(C)cc9)c9ccc([nH]9)c(-c9ccc(C)cc9)c9nc(c(-c%10ccc(C)cc%10)c%10ccc7[nH]%10)C=C9)C=C8)cc6)cc5)cc4)c4nc(c(-c5ccc(C)cc5)c5ccc2[nH]5)C=C4)C=C3)cc1. The molecular formula is C104H82N8O4S2. The molecule has 15 aromatic rings. The highest BCUT2D eigenvalue weighted by Crippen LogP contribution is 2.43. The van der Waals surface area contributed by atoms with E-state index in [9.17, 15) is 16.8 Å². The van der Waals surface area contributed by atoms with Crippen molar-refractivity contribution >= 4 is 112 Å². The van der Waals surface area contributed by atoms with Crippen LogP contribution in [-0.2, 0) is 42.7 Å². The van der Waals surface area contributed by atoms with Crippen molar-refractivity contribution < 1.29 is 16.8 Å². The van der Waals surface area contributed by atoms with Crippen molar-refractivity contribution in [3.63, 3.8) is 0 Å². The molecule has 0 fully saturated rings. The molecule has 6 aromatic heterocycles. The summed E-state index contributed by atoms with van der Waals surface area (Å²) < 4.78 is 57.2. The van der Waals surface area contributed by atoms with Gasteiger partial charge in [-0.3, -0.25) is 0 Å². The summed E-state index contributed by atoms with van der Waals surface area (Å²) in [4.78, 5) is 37.3. The van der Waals surface area contributed by atoms with Gasteiger partial charge in [0.15, 0.2) is 19.7 Å². The standard InChI is InChI=1S/C104H82N8O4S2/c1-63-7-27-73(28-8-63)97-81-43-47-85(105-81)99(75-31-11-65(3)12-32-75)89-51-55-93(109-89)103(94-56-52-90(110-94)100(86-48-44-82(97)106-86)76-33-13-66(4)14-34-76)79-39-23-71(24-40-79)61-117(113,114)59-69-19-21-70(22-20-69)60-118(115,116)62-72-25-41-80(42-26-72)104-95-57-53-91(111-95)101(77-35-15-67(5)16-36-77)87-49-45-83(107-87)98(74-29-9-64(2)10-30-74)84-46-50-88(108-84)102(92-54-58-96(104)112-92)78-37-17-68(6)18-38-78/h7-58,105,107,110,112H,59-62H2,1-6H3. The van der Waals surface area contributed by atoms with E-state index in [1.807, 2.05) is 48.5 Å². The summed E-state index contributed by atoms with van der Waals surface area (Å²) in [6, 6.07) is 90.6. The van der Waals surface area contributed by atoms with Gasteiger partial charge < -0.3 is 19.9 Å². The van der Waals surface area contributed by atoms with Crippen molar-refractivity contribution in [1.82, 2.24) is 39.9 Å². The first-order valence-corrected chi connectivity index (χ1v) is 43.3. The normalized spacial score (nSPS) is 12.5. The molecule has 19 rings (SSSR count). The van der Waals surface area contributed by atoms with Crippen molar-refractivity contribution in [2.45, 2.75) is 64.6 Å². The predicted molar refractivity (Wildman–Crippen MR) is 489 cm³/mol. The number of rotatable bonds is 16. The lowest BCUT2D eigenvalue weighted by Gasteiger charge is -2.10. The van der Waals surface area contributed by atoms with Gasteiger partial charge in [0, 0.05) is 88.6 Å². The first-order chi connectivity index (χ1) is 57.3. The first kappa shape index (κ1) is 74.2. The number of fused-ring (bicyclic) bond motifs is 16. The summed E-state index contributed by atoms with van der Waals surface area (Å²) >= 11 is 0. The van der Waals surface area contributed by atoms with Crippen LogP contribution in [0.1, 0.15) is 101 Å².